The molecule has 2 atom stereocenters. The van der Waals surface area contributed by atoms with Gasteiger partial charge >= 0.3 is 5.97 Å². The summed E-state index contributed by atoms with van der Waals surface area (Å²) in [6, 6.07) is 19.6. The molecule has 0 aliphatic carbocycles. The van der Waals surface area contributed by atoms with E-state index in [1.165, 1.54) is 7.11 Å². The highest BCUT2D eigenvalue weighted by molar-refractivity contribution is 5.73. The molecule has 1 N–H and O–H groups in total. The molecule has 6 heteroatoms. The topological polar surface area (TPSA) is 77.2 Å². The molecule has 0 fully saturated rings. The van der Waals surface area contributed by atoms with Gasteiger partial charge in [-0.2, -0.15) is 4.98 Å². The van der Waals surface area contributed by atoms with E-state index in [9.17, 15) is 4.79 Å². The number of aromatic nitrogens is 2. The molecule has 3 rings (SSSR count). The van der Waals surface area contributed by atoms with Crippen LogP contribution in [0.5, 0.6) is 0 Å². The number of carbonyl (C=O) groups is 1. The van der Waals surface area contributed by atoms with Crippen molar-refractivity contribution in [3.8, 4) is 11.4 Å². The summed E-state index contributed by atoms with van der Waals surface area (Å²) in [7, 11) is 1.42. The first kappa shape index (κ1) is 19.8. The Labute approximate surface area is 164 Å². The SMILES string of the molecule is COC(=O)[C@@H](C)[C@H](NCCCc1nc(-c2ccccc2)no1)c1ccccc1. The van der Waals surface area contributed by atoms with E-state index in [1.807, 2.05) is 67.6 Å². The van der Waals surface area contributed by atoms with Crippen molar-refractivity contribution in [2.75, 3.05) is 13.7 Å². The minimum Gasteiger partial charge on any atom is -0.469 e. The molecule has 146 valence electrons. The summed E-state index contributed by atoms with van der Waals surface area (Å²) in [4.78, 5) is 16.5. The van der Waals surface area contributed by atoms with Crippen LogP contribution < -0.4 is 5.32 Å². The second-order valence-corrected chi connectivity index (χ2v) is 6.64. The van der Waals surface area contributed by atoms with Gasteiger partial charge in [0.25, 0.3) is 0 Å². The van der Waals surface area contributed by atoms with Crippen molar-refractivity contribution in [2.24, 2.45) is 5.92 Å². The van der Waals surface area contributed by atoms with Crippen molar-refractivity contribution in [3.05, 3.63) is 72.1 Å². The van der Waals surface area contributed by atoms with Gasteiger partial charge in [0.2, 0.25) is 11.7 Å². The summed E-state index contributed by atoms with van der Waals surface area (Å²) in [6.07, 6.45) is 1.48. The van der Waals surface area contributed by atoms with Gasteiger partial charge in [-0.1, -0.05) is 72.7 Å². The highest BCUT2D eigenvalue weighted by atomic mass is 16.5. The molecule has 6 nitrogen and oxygen atoms in total. The molecule has 28 heavy (non-hydrogen) atoms. The van der Waals surface area contributed by atoms with E-state index in [1.54, 1.807) is 0 Å². The third kappa shape index (κ3) is 5.04. The van der Waals surface area contributed by atoms with Crippen LogP contribution in [0.4, 0.5) is 0 Å². The van der Waals surface area contributed by atoms with Gasteiger partial charge in [0, 0.05) is 18.0 Å². The van der Waals surface area contributed by atoms with Crippen molar-refractivity contribution in [1.82, 2.24) is 15.5 Å². The molecule has 0 aliphatic heterocycles. The third-order valence-corrected chi connectivity index (χ3v) is 4.66. The first-order chi connectivity index (χ1) is 13.7. The van der Waals surface area contributed by atoms with Gasteiger partial charge in [0.05, 0.1) is 13.0 Å². The number of carbonyl (C=O) groups excluding carboxylic acids is 1. The molecule has 0 bridgehead atoms. The highest BCUT2D eigenvalue weighted by Gasteiger charge is 2.25. The monoisotopic (exact) mass is 379 g/mol. The smallest absolute Gasteiger partial charge is 0.310 e. The zero-order valence-electron chi connectivity index (χ0n) is 16.2. The first-order valence-electron chi connectivity index (χ1n) is 9.43. The number of hydrogen-bond acceptors (Lipinski definition) is 6. The van der Waals surface area contributed by atoms with E-state index in [0.717, 1.165) is 17.5 Å². The number of ether oxygens (including phenoxy) is 1. The van der Waals surface area contributed by atoms with Crippen LogP contribution in [0.15, 0.2) is 65.2 Å². The van der Waals surface area contributed by atoms with Crippen LogP contribution in [0, 0.1) is 5.92 Å². The standard InChI is InChI=1S/C22H25N3O3/c1-16(22(26)27-2)20(17-10-5-3-6-11-17)23-15-9-14-19-24-21(25-28-19)18-12-7-4-8-13-18/h3-8,10-13,16,20,23H,9,14-15H2,1-2H3/t16-,20-/m0/s1. The second-order valence-electron chi connectivity index (χ2n) is 6.64. The average molecular weight is 379 g/mol. The first-order valence-corrected chi connectivity index (χ1v) is 9.43. The molecule has 0 aliphatic rings. The summed E-state index contributed by atoms with van der Waals surface area (Å²) in [5, 5.41) is 7.51. The van der Waals surface area contributed by atoms with Gasteiger partial charge in [0.15, 0.2) is 0 Å². The van der Waals surface area contributed by atoms with E-state index in [2.05, 4.69) is 15.5 Å². The van der Waals surface area contributed by atoms with Crippen LogP contribution in [-0.2, 0) is 16.0 Å². The summed E-state index contributed by atoms with van der Waals surface area (Å²) in [6.45, 7) is 2.59. The molecular weight excluding hydrogens is 354 g/mol. The second kappa shape index (κ2) is 9.80. The number of nitrogens with one attached hydrogen (secondary N) is 1. The Morgan fingerprint density at radius 3 is 2.46 bits per heavy atom. The van der Waals surface area contributed by atoms with Gasteiger partial charge in [0.1, 0.15) is 0 Å². The van der Waals surface area contributed by atoms with Crippen molar-refractivity contribution in [2.45, 2.75) is 25.8 Å². The third-order valence-electron chi connectivity index (χ3n) is 4.66. The number of rotatable bonds is 9. The minimum absolute atomic E-state index is 0.115. The fraction of sp³-hybridized carbons (Fsp3) is 0.318. The van der Waals surface area contributed by atoms with Crippen LogP contribution in [0.2, 0.25) is 0 Å². The lowest BCUT2D eigenvalue weighted by atomic mass is 9.94. The number of methoxy groups -OCH3 is 1. The Morgan fingerprint density at radius 1 is 1.11 bits per heavy atom. The highest BCUT2D eigenvalue weighted by Crippen LogP contribution is 2.23. The Morgan fingerprint density at radius 2 is 1.79 bits per heavy atom. The summed E-state index contributed by atoms with van der Waals surface area (Å²) in [5.41, 5.74) is 2.00. The van der Waals surface area contributed by atoms with Crippen molar-refractivity contribution < 1.29 is 14.1 Å². The van der Waals surface area contributed by atoms with Crippen molar-refractivity contribution in [3.63, 3.8) is 0 Å². The van der Waals surface area contributed by atoms with Crippen molar-refractivity contribution >= 4 is 5.97 Å². The van der Waals surface area contributed by atoms with E-state index in [-0.39, 0.29) is 17.9 Å². The summed E-state index contributed by atoms with van der Waals surface area (Å²) in [5.74, 6) is 0.689. The number of nitrogens with zero attached hydrogens (tertiary/aromatic N) is 2. The maximum absolute atomic E-state index is 12.0. The van der Waals surface area contributed by atoms with Crippen LogP contribution in [0.25, 0.3) is 11.4 Å². The average Bonchev–Trinajstić information content (AvgIpc) is 3.23. The molecule has 0 saturated heterocycles. The zero-order valence-corrected chi connectivity index (χ0v) is 16.2. The Kier molecular flexibility index (Phi) is 6.92. The normalized spacial score (nSPS) is 13.1. The Hall–Kier alpha value is -2.99. The van der Waals surface area contributed by atoms with E-state index < -0.39 is 0 Å². The molecule has 0 saturated carbocycles. The Balaban J connectivity index is 1.56. The minimum atomic E-state index is -0.291. The number of esters is 1. The quantitative estimate of drug-likeness (QED) is 0.450. The fourth-order valence-electron chi connectivity index (χ4n) is 3.12. The molecule has 1 aromatic heterocycles. The molecule has 2 aromatic carbocycles. The van der Waals surface area contributed by atoms with E-state index in [4.69, 9.17) is 9.26 Å². The maximum Gasteiger partial charge on any atom is 0.310 e. The molecule has 0 spiro atoms. The molecule has 0 unspecified atom stereocenters. The van der Waals surface area contributed by atoms with Gasteiger partial charge in [-0.05, 0) is 18.5 Å². The van der Waals surface area contributed by atoms with Crippen LogP contribution in [0.1, 0.15) is 30.8 Å². The Bertz CT molecular complexity index is 865. The molecule has 0 amide bonds. The van der Waals surface area contributed by atoms with Gasteiger partial charge in [-0.3, -0.25) is 4.79 Å². The van der Waals surface area contributed by atoms with Gasteiger partial charge in [-0.25, -0.2) is 0 Å². The maximum atomic E-state index is 12.0. The zero-order chi connectivity index (χ0) is 19.8. The predicted octanol–water partition coefficient (Wildman–Crippen LogP) is 3.81. The number of hydrogen-bond donors (Lipinski definition) is 1. The molecule has 0 radical (unpaired) electrons. The molecule has 1 heterocycles. The lowest BCUT2D eigenvalue weighted by Crippen LogP contribution is -2.32. The predicted molar refractivity (Wildman–Crippen MR) is 106 cm³/mol. The molecule has 3 aromatic rings. The van der Waals surface area contributed by atoms with Crippen molar-refractivity contribution in [1.29, 1.82) is 0 Å². The molecular formula is C22H25N3O3. The van der Waals surface area contributed by atoms with Gasteiger partial charge < -0.3 is 14.6 Å². The number of aryl methyl sites for hydroxylation is 1. The van der Waals surface area contributed by atoms with E-state index >= 15 is 0 Å². The lowest BCUT2D eigenvalue weighted by Gasteiger charge is -2.24. The fourth-order valence-corrected chi connectivity index (χ4v) is 3.12. The van der Waals surface area contributed by atoms with Gasteiger partial charge in [-0.15, -0.1) is 0 Å². The summed E-state index contributed by atoms with van der Waals surface area (Å²) < 4.78 is 10.3. The van der Waals surface area contributed by atoms with Crippen LogP contribution >= 0.6 is 0 Å². The van der Waals surface area contributed by atoms with Crippen LogP contribution in [-0.4, -0.2) is 29.8 Å². The lowest BCUT2D eigenvalue weighted by molar-refractivity contribution is -0.145. The number of benzene rings is 2. The van der Waals surface area contributed by atoms with E-state index in [0.29, 0.717) is 24.7 Å². The van der Waals surface area contributed by atoms with Crippen LogP contribution in [0.3, 0.4) is 0 Å². The summed E-state index contributed by atoms with van der Waals surface area (Å²) >= 11 is 0. The largest absolute Gasteiger partial charge is 0.469 e.